The topological polar surface area (TPSA) is 22.1 Å². The Morgan fingerprint density at radius 2 is 2.00 bits per heavy atom. The number of rotatable bonds is 0. The van der Waals surface area contributed by atoms with Crippen LogP contribution in [0, 0.1) is 5.95 Å². The van der Waals surface area contributed by atoms with Crippen molar-refractivity contribution in [3.63, 3.8) is 0 Å². The van der Waals surface area contributed by atoms with Crippen molar-refractivity contribution >= 4 is 13.3 Å². The molecule has 1 aromatic heterocycles. The molecular weight excluding hydrogens is 204 g/mol. The number of fused-ring (bicyclic) bond motifs is 3. The quantitative estimate of drug-likeness (QED) is 0.487. The summed E-state index contributed by atoms with van der Waals surface area (Å²) in [5, 5.41) is 0. The van der Waals surface area contributed by atoms with Gasteiger partial charge in [-0.05, 0) is 23.3 Å². The summed E-state index contributed by atoms with van der Waals surface area (Å²) < 4.78 is 18.3. The molecule has 1 aliphatic rings. The summed E-state index contributed by atoms with van der Waals surface area (Å²) in [6.45, 7) is 0.379. The first-order chi connectivity index (χ1) is 7.74. The van der Waals surface area contributed by atoms with Gasteiger partial charge in [0.25, 0.3) is 0 Å². The second-order valence-corrected chi connectivity index (χ2v) is 3.69. The molecule has 76 valence electrons. The molecule has 0 saturated heterocycles. The number of pyridine rings is 1. The Balaban J connectivity index is 2.23. The third kappa shape index (κ3) is 1.38. The Kier molecular flexibility index (Phi) is 1.96. The summed E-state index contributed by atoms with van der Waals surface area (Å²) >= 11 is 0. The van der Waals surface area contributed by atoms with E-state index in [1.54, 1.807) is 6.07 Å². The van der Waals surface area contributed by atoms with E-state index >= 15 is 0 Å². The summed E-state index contributed by atoms with van der Waals surface area (Å²) in [6, 6.07) is 8.59. The lowest BCUT2D eigenvalue weighted by Gasteiger charge is -2.19. The Labute approximate surface area is 93.5 Å². The Hall–Kier alpha value is -1.84. The average Bonchev–Trinajstić information content (AvgIpc) is 2.28. The van der Waals surface area contributed by atoms with Crippen LogP contribution in [0.25, 0.3) is 11.1 Å². The van der Waals surface area contributed by atoms with Gasteiger partial charge in [0.1, 0.15) is 14.5 Å². The van der Waals surface area contributed by atoms with E-state index in [0.29, 0.717) is 17.9 Å². The first-order valence-corrected chi connectivity index (χ1v) is 4.92. The van der Waals surface area contributed by atoms with E-state index in [1.807, 2.05) is 18.2 Å². The molecule has 0 atom stereocenters. The van der Waals surface area contributed by atoms with Crippen LogP contribution in [0.15, 0.2) is 30.3 Å². The molecule has 0 fully saturated rings. The zero-order chi connectivity index (χ0) is 11.1. The van der Waals surface area contributed by atoms with Crippen LogP contribution in [-0.4, -0.2) is 12.8 Å². The van der Waals surface area contributed by atoms with Crippen LogP contribution in [0.4, 0.5) is 4.39 Å². The molecule has 2 nitrogen and oxygen atoms in total. The van der Waals surface area contributed by atoms with E-state index in [4.69, 9.17) is 12.6 Å². The lowest BCUT2D eigenvalue weighted by atomic mass is 9.89. The first kappa shape index (κ1) is 9.40. The summed E-state index contributed by atoms with van der Waals surface area (Å²) in [6.07, 6.45) is 0. The van der Waals surface area contributed by atoms with Crippen LogP contribution in [-0.2, 0) is 6.61 Å². The summed E-state index contributed by atoms with van der Waals surface area (Å²) in [7, 11) is 5.69. The molecular formula is C12H7BFNO. The lowest BCUT2D eigenvalue weighted by molar-refractivity contribution is 0.285. The molecule has 0 unspecified atom stereocenters. The van der Waals surface area contributed by atoms with E-state index in [0.717, 1.165) is 16.7 Å². The molecule has 2 heterocycles. The predicted octanol–water partition coefficient (Wildman–Crippen LogP) is 1.57. The number of hydrogen-bond donors (Lipinski definition) is 0. The second-order valence-electron chi connectivity index (χ2n) is 3.69. The van der Waals surface area contributed by atoms with Gasteiger partial charge in [0.15, 0.2) is 0 Å². The van der Waals surface area contributed by atoms with Crippen molar-refractivity contribution in [3.8, 4) is 17.0 Å². The fourth-order valence-electron chi connectivity index (χ4n) is 1.87. The Morgan fingerprint density at radius 3 is 2.88 bits per heavy atom. The molecule has 0 amide bonds. The second kappa shape index (κ2) is 3.34. The molecule has 3 rings (SSSR count). The van der Waals surface area contributed by atoms with E-state index in [1.165, 1.54) is 6.07 Å². The highest BCUT2D eigenvalue weighted by Crippen LogP contribution is 2.35. The van der Waals surface area contributed by atoms with E-state index in [9.17, 15) is 4.39 Å². The third-order valence-electron chi connectivity index (χ3n) is 2.61. The van der Waals surface area contributed by atoms with Gasteiger partial charge in [0, 0.05) is 5.56 Å². The highest BCUT2D eigenvalue weighted by molar-refractivity contribution is 6.32. The largest absolute Gasteiger partial charge is 0.472 e. The van der Waals surface area contributed by atoms with Crippen LogP contribution in [0.5, 0.6) is 5.88 Å². The molecule has 4 heteroatoms. The van der Waals surface area contributed by atoms with Gasteiger partial charge in [0.2, 0.25) is 11.8 Å². The van der Waals surface area contributed by atoms with Crippen molar-refractivity contribution in [1.82, 2.24) is 4.98 Å². The minimum absolute atomic E-state index is 0.345. The summed E-state index contributed by atoms with van der Waals surface area (Å²) in [5.74, 6) is -0.185. The maximum absolute atomic E-state index is 12.9. The van der Waals surface area contributed by atoms with Gasteiger partial charge < -0.3 is 4.74 Å². The Bertz CT molecular complexity index is 519. The van der Waals surface area contributed by atoms with E-state index < -0.39 is 5.95 Å². The van der Waals surface area contributed by atoms with Crippen LogP contribution < -0.4 is 10.2 Å². The smallest absolute Gasteiger partial charge is 0.224 e. The highest BCUT2D eigenvalue weighted by Gasteiger charge is 2.18. The minimum atomic E-state index is -0.530. The van der Waals surface area contributed by atoms with Crippen molar-refractivity contribution in [2.75, 3.05) is 0 Å². The van der Waals surface area contributed by atoms with Crippen LogP contribution in [0.3, 0.4) is 0 Å². The van der Waals surface area contributed by atoms with Crippen LogP contribution >= 0.6 is 0 Å². The number of halogens is 1. The number of benzene rings is 1. The zero-order valence-electron chi connectivity index (χ0n) is 8.40. The Morgan fingerprint density at radius 1 is 1.19 bits per heavy atom. The molecule has 1 aliphatic heterocycles. The molecule has 16 heavy (non-hydrogen) atoms. The van der Waals surface area contributed by atoms with Gasteiger partial charge in [-0.1, -0.05) is 23.7 Å². The first-order valence-electron chi connectivity index (χ1n) is 4.92. The minimum Gasteiger partial charge on any atom is -0.472 e. The van der Waals surface area contributed by atoms with Crippen molar-refractivity contribution in [2.45, 2.75) is 6.61 Å². The van der Waals surface area contributed by atoms with Gasteiger partial charge in [0.05, 0.1) is 0 Å². The fourth-order valence-corrected chi connectivity index (χ4v) is 1.87. The normalized spacial score (nSPS) is 12.6. The molecule has 0 spiro atoms. The maximum Gasteiger partial charge on any atom is 0.224 e. The monoisotopic (exact) mass is 211 g/mol. The molecule has 0 saturated carbocycles. The van der Waals surface area contributed by atoms with Gasteiger partial charge in [-0.3, -0.25) is 0 Å². The average molecular weight is 211 g/mol. The van der Waals surface area contributed by atoms with Crippen molar-refractivity contribution in [1.29, 1.82) is 0 Å². The fraction of sp³-hybridized carbons (Fsp3) is 0.0833. The third-order valence-corrected chi connectivity index (χ3v) is 2.61. The molecule has 0 aliphatic carbocycles. The molecule has 2 radical (unpaired) electrons. The standard InChI is InChI=1S/C12H7BFNO/c13-8-1-2-9-7(5-8)6-16-12-10(9)3-4-11(14)15-12/h1-5H,6H2. The number of hydrogen-bond acceptors (Lipinski definition) is 2. The molecule has 0 N–H and O–H groups in total. The van der Waals surface area contributed by atoms with Crippen LogP contribution in [0.1, 0.15) is 5.56 Å². The zero-order valence-corrected chi connectivity index (χ0v) is 8.40. The number of aromatic nitrogens is 1. The van der Waals surface area contributed by atoms with E-state index in [-0.39, 0.29) is 0 Å². The van der Waals surface area contributed by atoms with Gasteiger partial charge in [-0.25, -0.2) is 0 Å². The van der Waals surface area contributed by atoms with Crippen molar-refractivity contribution < 1.29 is 9.13 Å². The lowest BCUT2D eigenvalue weighted by Crippen LogP contribution is -2.12. The summed E-state index contributed by atoms with van der Waals surface area (Å²) in [4.78, 5) is 3.71. The number of ether oxygens (including phenoxy) is 1. The van der Waals surface area contributed by atoms with Crippen molar-refractivity contribution in [3.05, 3.63) is 41.8 Å². The predicted molar refractivity (Wildman–Crippen MR) is 59.4 cm³/mol. The molecule has 1 aromatic carbocycles. The van der Waals surface area contributed by atoms with Gasteiger partial charge in [-0.2, -0.15) is 9.37 Å². The maximum atomic E-state index is 12.9. The van der Waals surface area contributed by atoms with Gasteiger partial charge in [-0.15, -0.1) is 0 Å². The number of nitrogens with zero attached hydrogens (tertiary/aromatic N) is 1. The molecule has 2 aromatic rings. The van der Waals surface area contributed by atoms with Crippen molar-refractivity contribution in [2.24, 2.45) is 0 Å². The van der Waals surface area contributed by atoms with Gasteiger partial charge >= 0.3 is 0 Å². The highest BCUT2D eigenvalue weighted by atomic mass is 19.1. The van der Waals surface area contributed by atoms with E-state index in [2.05, 4.69) is 4.98 Å². The molecule has 0 bridgehead atoms. The summed E-state index contributed by atoms with van der Waals surface area (Å²) in [5.41, 5.74) is 3.51. The SMILES string of the molecule is [B]c1ccc2c(c1)COc1nc(F)ccc1-2. The van der Waals surface area contributed by atoms with Crippen LogP contribution in [0.2, 0.25) is 0 Å².